The molecule has 7 nitrogen and oxygen atoms in total. The maximum Gasteiger partial charge on any atom is 0.301 e. The van der Waals surface area contributed by atoms with Crippen molar-refractivity contribution in [1.82, 2.24) is 4.98 Å². The molecule has 1 saturated heterocycles. The number of fused-ring (bicyclic) bond motifs is 2. The molecule has 2 aliphatic rings. The van der Waals surface area contributed by atoms with Gasteiger partial charge in [-0.05, 0) is 73.5 Å². The molecular weight excluding hydrogens is 559 g/mol. The van der Waals surface area contributed by atoms with Gasteiger partial charge in [0, 0.05) is 12.0 Å². The van der Waals surface area contributed by atoms with Gasteiger partial charge < -0.3 is 14.6 Å². The van der Waals surface area contributed by atoms with E-state index < -0.39 is 17.7 Å². The van der Waals surface area contributed by atoms with Crippen LogP contribution in [0.25, 0.3) is 16.0 Å². The maximum atomic E-state index is 13.6. The zero-order valence-electron chi connectivity index (χ0n) is 20.9. The lowest BCUT2D eigenvalue weighted by atomic mass is 9.94. The van der Waals surface area contributed by atoms with Crippen LogP contribution < -0.4 is 14.4 Å². The van der Waals surface area contributed by atoms with E-state index in [9.17, 15) is 14.7 Å². The number of ether oxygens (including phenoxy) is 2. The number of aliphatic hydroxyl groups excluding tert-OH is 1. The largest absolute Gasteiger partial charge is 0.507 e. The highest BCUT2D eigenvalue weighted by Gasteiger charge is 2.48. The summed E-state index contributed by atoms with van der Waals surface area (Å²) in [4.78, 5) is 33.1. The number of carbonyl (C=O) groups excluding carboxylic acids is 2. The molecule has 4 aromatic rings. The number of benzene rings is 3. The van der Waals surface area contributed by atoms with E-state index >= 15 is 0 Å². The van der Waals surface area contributed by atoms with Crippen LogP contribution in [-0.4, -0.2) is 34.5 Å². The minimum Gasteiger partial charge on any atom is -0.507 e. The fourth-order valence-corrected chi connectivity index (χ4v) is 6.33. The van der Waals surface area contributed by atoms with E-state index in [1.807, 2.05) is 19.9 Å². The number of ketones is 1. The van der Waals surface area contributed by atoms with Crippen molar-refractivity contribution >= 4 is 67.3 Å². The first-order valence-corrected chi connectivity index (χ1v) is 13.9. The third kappa shape index (κ3) is 4.42. The molecule has 10 heteroatoms. The number of halogens is 2. The summed E-state index contributed by atoms with van der Waals surface area (Å²) < 4.78 is 12.2. The molecule has 39 heavy (non-hydrogen) atoms. The maximum absolute atomic E-state index is 13.6. The first-order chi connectivity index (χ1) is 18.7. The molecule has 1 amide bonds. The van der Waals surface area contributed by atoms with Gasteiger partial charge in [-0.15, -0.1) is 0 Å². The number of Topliss-reactive ketones (excluding diaryl/α,β-unsaturated/α-hetero) is 1. The molecule has 0 bridgehead atoms. The van der Waals surface area contributed by atoms with Gasteiger partial charge in [0.05, 0.1) is 38.5 Å². The van der Waals surface area contributed by atoms with E-state index in [0.29, 0.717) is 45.6 Å². The summed E-state index contributed by atoms with van der Waals surface area (Å²) in [6, 6.07) is 14.6. The highest BCUT2D eigenvalue weighted by Crippen LogP contribution is 2.46. The van der Waals surface area contributed by atoms with Gasteiger partial charge in [-0.3, -0.25) is 14.5 Å². The van der Waals surface area contributed by atoms with Crippen molar-refractivity contribution in [2.24, 2.45) is 0 Å². The molecule has 2 atom stereocenters. The summed E-state index contributed by atoms with van der Waals surface area (Å²) in [5.74, 6) is -0.480. The normalized spacial score (nSPS) is 19.9. The number of aliphatic hydroxyl groups is 1. The summed E-state index contributed by atoms with van der Waals surface area (Å²) in [7, 11) is 0. The minimum absolute atomic E-state index is 0.0152. The smallest absolute Gasteiger partial charge is 0.301 e. The zero-order chi connectivity index (χ0) is 27.4. The number of rotatable bonds is 5. The van der Waals surface area contributed by atoms with Crippen LogP contribution in [0.4, 0.5) is 5.13 Å². The fraction of sp³-hybridized carbons (Fsp3) is 0.207. The summed E-state index contributed by atoms with van der Waals surface area (Å²) in [6.07, 6.45) is 0.692. The van der Waals surface area contributed by atoms with Gasteiger partial charge in [0.25, 0.3) is 5.78 Å². The van der Waals surface area contributed by atoms with Gasteiger partial charge in [0.2, 0.25) is 0 Å². The topological polar surface area (TPSA) is 89.0 Å². The molecule has 1 fully saturated rings. The average molecular weight is 581 g/mol. The Labute approximate surface area is 238 Å². The predicted octanol–water partition coefficient (Wildman–Crippen LogP) is 6.95. The van der Waals surface area contributed by atoms with Crippen LogP contribution in [0.1, 0.15) is 36.6 Å². The Bertz CT molecular complexity index is 1700. The Morgan fingerprint density at radius 3 is 2.72 bits per heavy atom. The molecule has 0 radical (unpaired) electrons. The highest BCUT2D eigenvalue weighted by atomic mass is 35.5. The Balaban J connectivity index is 1.52. The number of aromatic nitrogens is 1. The lowest BCUT2D eigenvalue weighted by Crippen LogP contribution is -2.29. The Morgan fingerprint density at radius 1 is 1.13 bits per heavy atom. The lowest BCUT2D eigenvalue weighted by molar-refractivity contribution is -0.132. The quantitative estimate of drug-likeness (QED) is 0.156. The van der Waals surface area contributed by atoms with Crippen molar-refractivity contribution in [3.63, 3.8) is 0 Å². The Hall–Kier alpha value is -3.59. The van der Waals surface area contributed by atoms with Gasteiger partial charge in [0.1, 0.15) is 23.4 Å². The molecule has 3 aromatic carbocycles. The van der Waals surface area contributed by atoms with Gasteiger partial charge in [-0.25, -0.2) is 4.98 Å². The molecule has 0 saturated carbocycles. The van der Waals surface area contributed by atoms with Gasteiger partial charge in [-0.1, -0.05) is 40.6 Å². The second-order valence-corrected chi connectivity index (χ2v) is 11.2. The number of nitrogens with zero attached hydrogens (tertiary/aromatic N) is 2. The summed E-state index contributed by atoms with van der Waals surface area (Å²) >= 11 is 13.8. The van der Waals surface area contributed by atoms with Gasteiger partial charge in [0.15, 0.2) is 5.13 Å². The van der Waals surface area contributed by atoms with Crippen molar-refractivity contribution < 1.29 is 24.2 Å². The predicted molar refractivity (Wildman–Crippen MR) is 152 cm³/mol. The molecule has 2 aliphatic heterocycles. The molecule has 6 rings (SSSR count). The Morgan fingerprint density at radius 2 is 1.95 bits per heavy atom. The van der Waals surface area contributed by atoms with Crippen molar-refractivity contribution in [2.75, 3.05) is 11.5 Å². The summed E-state index contributed by atoms with van der Waals surface area (Å²) in [5.41, 5.74) is 2.45. The second kappa shape index (κ2) is 9.86. The molecule has 0 unspecified atom stereocenters. The van der Waals surface area contributed by atoms with Crippen LogP contribution in [-0.2, 0) is 16.0 Å². The highest BCUT2D eigenvalue weighted by molar-refractivity contribution is 7.22. The molecule has 0 aliphatic carbocycles. The van der Waals surface area contributed by atoms with Crippen LogP contribution in [0.5, 0.6) is 11.5 Å². The van der Waals surface area contributed by atoms with E-state index in [1.165, 1.54) is 16.2 Å². The minimum atomic E-state index is -0.977. The first-order valence-electron chi connectivity index (χ1n) is 12.3. The standard InChI is InChI=1S/C29H22Cl2N2O5S/c1-3-37-18-6-8-21-23(13-18)39-29(32-21)33-25(15-4-7-19(30)20(31)12-15)24(27(35)28(33)36)26(34)16-5-9-22-17(11-16)10-14(2)38-22/h4-9,11-14,25,34H,3,10H2,1-2H3/b26-24+/t14-,25+/m1/s1. The number of hydrogen-bond donors (Lipinski definition) is 1. The number of amides is 1. The number of thiazole rings is 1. The fourth-order valence-electron chi connectivity index (χ4n) is 5.00. The van der Waals surface area contributed by atoms with Crippen molar-refractivity contribution in [3.8, 4) is 11.5 Å². The molecule has 0 spiro atoms. The first kappa shape index (κ1) is 25.7. The van der Waals surface area contributed by atoms with E-state index in [0.717, 1.165) is 16.0 Å². The van der Waals surface area contributed by atoms with Crippen LogP contribution in [0.3, 0.4) is 0 Å². The Kier molecular flexibility index (Phi) is 6.49. The van der Waals surface area contributed by atoms with E-state index in [1.54, 1.807) is 48.5 Å². The van der Waals surface area contributed by atoms with Gasteiger partial charge in [-0.2, -0.15) is 0 Å². The number of anilines is 1. The van der Waals surface area contributed by atoms with Crippen LogP contribution in [0, 0.1) is 0 Å². The molecule has 1 N–H and O–H groups in total. The van der Waals surface area contributed by atoms with Crippen LogP contribution in [0.2, 0.25) is 10.0 Å². The van der Waals surface area contributed by atoms with Crippen molar-refractivity contribution in [3.05, 3.63) is 86.9 Å². The molecule has 1 aromatic heterocycles. The van der Waals surface area contributed by atoms with Gasteiger partial charge >= 0.3 is 5.91 Å². The summed E-state index contributed by atoms with van der Waals surface area (Å²) in [5, 5.41) is 12.4. The van der Waals surface area contributed by atoms with Crippen LogP contribution in [0.15, 0.2) is 60.2 Å². The lowest BCUT2D eigenvalue weighted by Gasteiger charge is -2.23. The summed E-state index contributed by atoms with van der Waals surface area (Å²) in [6.45, 7) is 4.37. The zero-order valence-corrected chi connectivity index (χ0v) is 23.2. The van der Waals surface area contributed by atoms with Crippen molar-refractivity contribution in [1.29, 1.82) is 0 Å². The number of carbonyl (C=O) groups is 2. The molecular formula is C29H22Cl2N2O5S. The second-order valence-electron chi connectivity index (χ2n) is 9.36. The SMILES string of the molecule is CCOc1ccc2nc(N3C(=O)C(=O)/C(=C(/O)c4ccc5c(c4)C[C@@H](C)O5)[C@@H]3c3ccc(Cl)c(Cl)c3)sc2c1. The van der Waals surface area contributed by atoms with Crippen molar-refractivity contribution in [2.45, 2.75) is 32.4 Å². The van der Waals surface area contributed by atoms with Crippen LogP contribution >= 0.6 is 34.5 Å². The van der Waals surface area contributed by atoms with E-state index in [-0.39, 0.29) is 22.5 Å². The van der Waals surface area contributed by atoms with E-state index in [2.05, 4.69) is 4.98 Å². The third-order valence-electron chi connectivity index (χ3n) is 6.74. The van der Waals surface area contributed by atoms with E-state index in [4.69, 9.17) is 32.7 Å². The molecule has 198 valence electrons. The monoisotopic (exact) mass is 580 g/mol. The average Bonchev–Trinajstić information content (AvgIpc) is 3.57. The third-order valence-corrected chi connectivity index (χ3v) is 8.50. The number of hydrogen-bond acceptors (Lipinski definition) is 7. The molecule has 3 heterocycles.